The summed E-state index contributed by atoms with van der Waals surface area (Å²) in [7, 11) is 1.94. The first-order valence-corrected chi connectivity index (χ1v) is 7.34. The van der Waals surface area contributed by atoms with Gasteiger partial charge in [0.15, 0.2) is 0 Å². The number of benzene rings is 1. The summed E-state index contributed by atoms with van der Waals surface area (Å²) in [5, 5.41) is 3.12. The van der Waals surface area contributed by atoms with Crippen LogP contribution in [0.3, 0.4) is 0 Å². The number of furan rings is 1. The minimum Gasteiger partial charge on any atom is -0.463 e. The molecule has 0 aliphatic carbocycles. The van der Waals surface area contributed by atoms with Gasteiger partial charge in [-0.2, -0.15) is 0 Å². The molecule has 3 rings (SSSR count). The molecule has 2 aromatic rings. The zero-order valence-corrected chi connectivity index (χ0v) is 12.2. The van der Waals surface area contributed by atoms with Crippen molar-refractivity contribution in [3.63, 3.8) is 0 Å². The van der Waals surface area contributed by atoms with Gasteiger partial charge in [0.2, 0.25) is 0 Å². The van der Waals surface area contributed by atoms with Gasteiger partial charge in [-0.15, -0.1) is 0 Å². The number of para-hydroxylation sites is 1. The second-order valence-electron chi connectivity index (χ2n) is 5.54. The first-order valence-electron chi connectivity index (χ1n) is 7.34. The summed E-state index contributed by atoms with van der Waals surface area (Å²) in [6, 6.07) is 13.4. The first-order chi connectivity index (χ1) is 9.78. The van der Waals surface area contributed by atoms with Crippen molar-refractivity contribution in [3.05, 3.63) is 53.5 Å². The van der Waals surface area contributed by atoms with Gasteiger partial charge in [0, 0.05) is 11.7 Å². The lowest BCUT2D eigenvalue weighted by molar-refractivity contribution is 0.437. The number of hydrogen-bond acceptors (Lipinski definition) is 3. The molecule has 1 atom stereocenters. The number of rotatable bonds is 4. The Balaban J connectivity index is 1.82. The smallest absolute Gasteiger partial charge is 0.123 e. The molecule has 1 aliphatic rings. The monoisotopic (exact) mass is 270 g/mol. The highest BCUT2D eigenvalue weighted by atomic mass is 16.3. The lowest BCUT2D eigenvalue weighted by Gasteiger charge is -2.36. The lowest BCUT2D eigenvalue weighted by Crippen LogP contribution is -2.36. The molecule has 0 saturated heterocycles. The van der Waals surface area contributed by atoms with E-state index in [-0.39, 0.29) is 0 Å². The minimum absolute atomic E-state index is 0.558. The average molecular weight is 270 g/mol. The number of anilines is 1. The predicted molar refractivity (Wildman–Crippen MR) is 81.9 cm³/mol. The number of hydrogen-bond donors (Lipinski definition) is 1. The Morgan fingerprint density at radius 1 is 1.20 bits per heavy atom. The van der Waals surface area contributed by atoms with E-state index in [4.69, 9.17) is 4.42 Å². The van der Waals surface area contributed by atoms with Crippen LogP contribution in [-0.2, 0) is 19.5 Å². The lowest BCUT2D eigenvalue weighted by atomic mass is 9.96. The molecule has 1 unspecified atom stereocenters. The number of fused-ring (bicyclic) bond motifs is 1. The van der Waals surface area contributed by atoms with Crippen LogP contribution in [0.25, 0.3) is 0 Å². The van der Waals surface area contributed by atoms with Crippen LogP contribution in [0.5, 0.6) is 0 Å². The van der Waals surface area contributed by atoms with Crippen molar-refractivity contribution in [2.24, 2.45) is 0 Å². The SMILES string of the molecule is CNCc1ccc(CN2c3ccccc3CCC2C)o1. The molecular formula is C17H22N2O. The third kappa shape index (κ3) is 2.59. The molecule has 1 aliphatic heterocycles. The first kappa shape index (κ1) is 13.3. The minimum atomic E-state index is 0.558. The topological polar surface area (TPSA) is 28.4 Å². The highest BCUT2D eigenvalue weighted by Crippen LogP contribution is 2.31. The van der Waals surface area contributed by atoms with E-state index in [9.17, 15) is 0 Å². The summed E-state index contributed by atoms with van der Waals surface area (Å²) in [6.45, 7) is 3.93. The molecule has 0 saturated carbocycles. The molecule has 1 aromatic heterocycles. The van der Waals surface area contributed by atoms with E-state index in [0.29, 0.717) is 6.04 Å². The van der Waals surface area contributed by atoms with E-state index in [1.807, 2.05) is 7.05 Å². The summed E-state index contributed by atoms with van der Waals surface area (Å²) >= 11 is 0. The number of nitrogens with one attached hydrogen (secondary N) is 1. The molecule has 0 fully saturated rings. The second-order valence-corrected chi connectivity index (χ2v) is 5.54. The quantitative estimate of drug-likeness (QED) is 0.923. The van der Waals surface area contributed by atoms with E-state index >= 15 is 0 Å². The largest absolute Gasteiger partial charge is 0.463 e. The standard InChI is InChI=1S/C17H22N2O/c1-13-7-8-14-5-3-4-6-17(14)19(13)12-16-10-9-15(20-16)11-18-2/h3-6,9-10,13,18H,7-8,11-12H2,1-2H3. The normalized spacial score (nSPS) is 18.1. The maximum absolute atomic E-state index is 5.89. The van der Waals surface area contributed by atoms with Gasteiger partial charge >= 0.3 is 0 Å². The van der Waals surface area contributed by atoms with Gasteiger partial charge in [-0.25, -0.2) is 0 Å². The van der Waals surface area contributed by atoms with Crippen LogP contribution >= 0.6 is 0 Å². The molecule has 3 heteroatoms. The van der Waals surface area contributed by atoms with Crippen LogP contribution < -0.4 is 10.2 Å². The average Bonchev–Trinajstić information content (AvgIpc) is 2.90. The summed E-state index contributed by atoms with van der Waals surface area (Å²) in [4.78, 5) is 2.46. The molecule has 3 nitrogen and oxygen atoms in total. The third-order valence-electron chi connectivity index (χ3n) is 4.06. The Labute approximate surface area is 120 Å². The Hall–Kier alpha value is -1.74. The van der Waals surface area contributed by atoms with Crippen molar-refractivity contribution in [3.8, 4) is 0 Å². The Bertz CT molecular complexity index is 576. The molecule has 1 N–H and O–H groups in total. The van der Waals surface area contributed by atoms with E-state index in [1.165, 1.54) is 24.1 Å². The van der Waals surface area contributed by atoms with Crippen molar-refractivity contribution < 1.29 is 4.42 Å². The van der Waals surface area contributed by atoms with Crippen molar-refractivity contribution in [2.45, 2.75) is 38.9 Å². The molecule has 2 heterocycles. The summed E-state index contributed by atoms with van der Waals surface area (Å²) in [6.07, 6.45) is 2.39. The maximum atomic E-state index is 5.89. The molecule has 0 amide bonds. The Morgan fingerprint density at radius 3 is 2.85 bits per heavy atom. The zero-order valence-electron chi connectivity index (χ0n) is 12.2. The fourth-order valence-corrected chi connectivity index (χ4v) is 2.95. The Kier molecular flexibility index (Phi) is 3.79. The van der Waals surface area contributed by atoms with Crippen molar-refractivity contribution >= 4 is 5.69 Å². The van der Waals surface area contributed by atoms with Crippen molar-refractivity contribution in [2.75, 3.05) is 11.9 Å². The van der Waals surface area contributed by atoms with Gasteiger partial charge < -0.3 is 14.6 Å². The van der Waals surface area contributed by atoms with Crippen molar-refractivity contribution in [1.82, 2.24) is 5.32 Å². The zero-order chi connectivity index (χ0) is 13.9. The summed E-state index contributed by atoms with van der Waals surface area (Å²) in [5.74, 6) is 2.04. The predicted octanol–water partition coefficient (Wildman–Crippen LogP) is 3.34. The molecule has 0 spiro atoms. The highest BCUT2D eigenvalue weighted by molar-refractivity contribution is 5.56. The molecule has 0 radical (unpaired) electrons. The van der Waals surface area contributed by atoms with Crippen LogP contribution in [0.4, 0.5) is 5.69 Å². The van der Waals surface area contributed by atoms with Gasteiger partial charge in [0.1, 0.15) is 11.5 Å². The van der Waals surface area contributed by atoms with E-state index < -0.39 is 0 Å². The van der Waals surface area contributed by atoms with E-state index in [0.717, 1.165) is 24.6 Å². The third-order valence-corrected chi connectivity index (χ3v) is 4.06. The Morgan fingerprint density at radius 2 is 2.00 bits per heavy atom. The van der Waals surface area contributed by atoms with Crippen LogP contribution in [0.15, 0.2) is 40.8 Å². The molecular weight excluding hydrogens is 248 g/mol. The van der Waals surface area contributed by atoms with Crippen molar-refractivity contribution in [1.29, 1.82) is 0 Å². The number of nitrogens with zero attached hydrogens (tertiary/aromatic N) is 1. The van der Waals surface area contributed by atoms with Gasteiger partial charge in [-0.3, -0.25) is 0 Å². The van der Waals surface area contributed by atoms with Crippen LogP contribution in [0.1, 0.15) is 30.4 Å². The van der Waals surface area contributed by atoms with Gasteiger partial charge in [-0.1, -0.05) is 18.2 Å². The molecule has 20 heavy (non-hydrogen) atoms. The highest BCUT2D eigenvalue weighted by Gasteiger charge is 2.23. The second kappa shape index (κ2) is 5.71. The fraction of sp³-hybridized carbons (Fsp3) is 0.412. The maximum Gasteiger partial charge on any atom is 0.123 e. The van der Waals surface area contributed by atoms with Crippen LogP contribution in [0.2, 0.25) is 0 Å². The molecule has 1 aromatic carbocycles. The van der Waals surface area contributed by atoms with Crippen LogP contribution in [-0.4, -0.2) is 13.1 Å². The molecule has 106 valence electrons. The molecule has 0 bridgehead atoms. The van der Waals surface area contributed by atoms with E-state index in [1.54, 1.807) is 0 Å². The van der Waals surface area contributed by atoms with Gasteiger partial charge in [-0.05, 0) is 50.6 Å². The van der Waals surface area contributed by atoms with E-state index in [2.05, 4.69) is 53.5 Å². The van der Waals surface area contributed by atoms with Gasteiger partial charge in [0.05, 0.1) is 13.1 Å². The van der Waals surface area contributed by atoms with Crippen LogP contribution in [0, 0.1) is 0 Å². The van der Waals surface area contributed by atoms with Gasteiger partial charge in [0.25, 0.3) is 0 Å². The fourth-order valence-electron chi connectivity index (χ4n) is 2.95. The summed E-state index contributed by atoms with van der Waals surface area (Å²) in [5.41, 5.74) is 2.81. The summed E-state index contributed by atoms with van der Waals surface area (Å²) < 4.78 is 5.89. The number of aryl methyl sites for hydroxylation is 1.